The van der Waals surface area contributed by atoms with Gasteiger partial charge >= 0.3 is 0 Å². The zero-order valence-electron chi connectivity index (χ0n) is 9.54. The summed E-state index contributed by atoms with van der Waals surface area (Å²) in [6.45, 7) is 1.28. The van der Waals surface area contributed by atoms with E-state index in [9.17, 15) is 8.42 Å². The van der Waals surface area contributed by atoms with Crippen molar-refractivity contribution < 1.29 is 13.5 Å². The van der Waals surface area contributed by atoms with Crippen LogP contribution in [0.15, 0.2) is 16.5 Å². The molecule has 98 valence electrons. The van der Waals surface area contributed by atoms with Gasteiger partial charge in [-0.3, -0.25) is 5.10 Å². The molecule has 0 aromatic carbocycles. The van der Waals surface area contributed by atoms with Crippen molar-refractivity contribution in [3.05, 3.63) is 28.0 Å². The van der Waals surface area contributed by atoms with Gasteiger partial charge < -0.3 is 5.11 Å². The summed E-state index contributed by atoms with van der Waals surface area (Å²) in [4.78, 5) is 3.99. The van der Waals surface area contributed by atoms with Crippen LogP contribution in [-0.2, 0) is 23.2 Å². The lowest BCUT2D eigenvalue weighted by molar-refractivity contribution is 0.273. The molecule has 0 aliphatic rings. The number of rotatable bonds is 5. The minimum Gasteiger partial charge on any atom is -0.390 e. The van der Waals surface area contributed by atoms with Gasteiger partial charge in [0.2, 0.25) is 10.0 Å². The molecular weight excluding hydrogens is 276 g/mol. The van der Waals surface area contributed by atoms with Crippen LogP contribution in [0.2, 0.25) is 0 Å². The Balaban J connectivity index is 2.22. The molecule has 0 aliphatic heterocycles. The molecule has 0 amide bonds. The van der Waals surface area contributed by atoms with E-state index in [1.54, 1.807) is 18.5 Å². The molecule has 0 fully saturated rings. The number of aromatic nitrogens is 3. The first kappa shape index (κ1) is 13.1. The Morgan fingerprint density at radius 2 is 2.33 bits per heavy atom. The summed E-state index contributed by atoms with van der Waals surface area (Å²) in [6.07, 6.45) is 1.61. The number of aliphatic hydroxyl groups is 1. The summed E-state index contributed by atoms with van der Waals surface area (Å²) in [5.41, 5.74) is 0.504. The van der Waals surface area contributed by atoms with Gasteiger partial charge in [-0.25, -0.2) is 18.1 Å². The van der Waals surface area contributed by atoms with Crippen LogP contribution < -0.4 is 4.72 Å². The van der Waals surface area contributed by atoms with Crippen LogP contribution in [0.25, 0.3) is 0 Å². The van der Waals surface area contributed by atoms with Crippen LogP contribution in [0, 0.1) is 6.92 Å². The molecule has 0 aliphatic carbocycles. The third kappa shape index (κ3) is 2.58. The van der Waals surface area contributed by atoms with Gasteiger partial charge in [0.1, 0.15) is 15.6 Å². The van der Waals surface area contributed by atoms with Crippen molar-refractivity contribution >= 4 is 21.4 Å². The monoisotopic (exact) mass is 288 g/mol. The van der Waals surface area contributed by atoms with Gasteiger partial charge in [0.15, 0.2) is 0 Å². The quantitative estimate of drug-likeness (QED) is 0.725. The third-order valence-electron chi connectivity index (χ3n) is 2.28. The second kappa shape index (κ2) is 5.14. The summed E-state index contributed by atoms with van der Waals surface area (Å²) in [7, 11) is -3.70. The van der Waals surface area contributed by atoms with E-state index < -0.39 is 16.6 Å². The van der Waals surface area contributed by atoms with Crippen LogP contribution >= 0.6 is 11.3 Å². The third-order valence-corrected chi connectivity index (χ3v) is 4.66. The van der Waals surface area contributed by atoms with Gasteiger partial charge in [-0.15, -0.1) is 11.3 Å². The normalized spacial score (nSPS) is 11.9. The zero-order chi connectivity index (χ0) is 13.2. The molecule has 0 saturated carbocycles. The van der Waals surface area contributed by atoms with Gasteiger partial charge in [-0.2, -0.15) is 5.10 Å². The molecule has 2 aromatic rings. The first-order valence-electron chi connectivity index (χ1n) is 5.07. The standard InChI is InChI=1S/C9H12N4O3S2/c1-6-9(7(5-14)13-12-6)18(15,16)11-4-8-10-2-3-17-8/h2-3,11,14H,4-5H2,1H3,(H,12,13). The number of H-pyrrole nitrogens is 1. The summed E-state index contributed by atoms with van der Waals surface area (Å²) < 4.78 is 26.6. The Labute approximate surface area is 108 Å². The van der Waals surface area contributed by atoms with Crippen molar-refractivity contribution in [1.82, 2.24) is 19.9 Å². The Morgan fingerprint density at radius 1 is 1.56 bits per heavy atom. The molecule has 0 bridgehead atoms. The van der Waals surface area contributed by atoms with E-state index in [0.29, 0.717) is 10.7 Å². The van der Waals surface area contributed by atoms with E-state index in [1.165, 1.54) is 11.3 Å². The molecule has 9 heteroatoms. The fourth-order valence-corrected chi connectivity index (χ4v) is 3.49. The number of nitrogens with zero attached hydrogens (tertiary/aromatic N) is 2. The van der Waals surface area contributed by atoms with Gasteiger partial charge in [0.05, 0.1) is 18.8 Å². The summed E-state index contributed by atoms with van der Waals surface area (Å²) in [5.74, 6) is 0. The maximum atomic E-state index is 12.1. The topological polar surface area (TPSA) is 108 Å². The molecule has 0 spiro atoms. The molecule has 2 heterocycles. The van der Waals surface area contributed by atoms with Crippen molar-refractivity contribution in [3.63, 3.8) is 0 Å². The molecular formula is C9H12N4O3S2. The van der Waals surface area contributed by atoms with Crippen LogP contribution in [0.1, 0.15) is 16.4 Å². The van der Waals surface area contributed by atoms with Crippen molar-refractivity contribution in [2.75, 3.05) is 0 Å². The predicted molar refractivity (Wildman–Crippen MR) is 65.4 cm³/mol. The van der Waals surface area contributed by atoms with E-state index in [4.69, 9.17) is 5.11 Å². The minimum atomic E-state index is -3.70. The van der Waals surface area contributed by atoms with Crippen LogP contribution in [-0.4, -0.2) is 28.7 Å². The van der Waals surface area contributed by atoms with E-state index in [1.807, 2.05) is 0 Å². The van der Waals surface area contributed by atoms with Gasteiger partial charge in [-0.05, 0) is 6.92 Å². The van der Waals surface area contributed by atoms with E-state index in [0.717, 1.165) is 0 Å². The second-order valence-corrected chi connectivity index (χ2v) is 6.22. The molecule has 2 aromatic heterocycles. The lowest BCUT2D eigenvalue weighted by atomic mass is 10.4. The predicted octanol–water partition coefficient (Wildman–Crippen LogP) is 0.145. The highest BCUT2D eigenvalue weighted by atomic mass is 32.2. The highest BCUT2D eigenvalue weighted by Gasteiger charge is 2.23. The fourth-order valence-electron chi connectivity index (χ4n) is 1.50. The molecule has 0 atom stereocenters. The van der Waals surface area contributed by atoms with Crippen molar-refractivity contribution in [2.24, 2.45) is 0 Å². The Bertz CT molecular complexity index is 618. The number of aliphatic hydroxyl groups excluding tert-OH is 1. The molecule has 0 unspecified atom stereocenters. The highest BCUT2D eigenvalue weighted by Crippen LogP contribution is 2.17. The Kier molecular flexibility index (Phi) is 3.76. The number of sulfonamides is 1. The van der Waals surface area contributed by atoms with Crippen LogP contribution in [0.3, 0.4) is 0 Å². The van der Waals surface area contributed by atoms with Gasteiger partial charge in [0.25, 0.3) is 0 Å². The van der Waals surface area contributed by atoms with Crippen LogP contribution in [0.5, 0.6) is 0 Å². The number of hydrogen-bond acceptors (Lipinski definition) is 6. The molecule has 0 radical (unpaired) electrons. The highest BCUT2D eigenvalue weighted by molar-refractivity contribution is 7.89. The SMILES string of the molecule is Cc1[nH]nc(CO)c1S(=O)(=O)NCc1nccs1. The maximum Gasteiger partial charge on any atom is 0.244 e. The Morgan fingerprint density at radius 3 is 2.94 bits per heavy atom. The fraction of sp³-hybridized carbons (Fsp3) is 0.333. The number of aryl methyl sites for hydroxylation is 1. The number of nitrogens with one attached hydrogen (secondary N) is 2. The number of aromatic amines is 1. The van der Waals surface area contributed by atoms with Gasteiger partial charge in [0, 0.05) is 11.6 Å². The Hall–Kier alpha value is -1.29. The number of thiazole rings is 1. The largest absolute Gasteiger partial charge is 0.390 e. The molecule has 2 rings (SSSR count). The molecule has 18 heavy (non-hydrogen) atoms. The van der Waals surface area contributed by atoms with Crippen molar-refractivity contribution in [2.45, 2.75) is 25.0 Å². The maximum absolute atomic E-state index is 12.1. The van der Waals surface area contributed by atoms with Crippen molar-refractivity contribution in [1.29, 1.82) is 0 Å². The average molecular weight is 288 g/mol. The zero-order valence-corrected chi connectivity index (χ0v) is 11.2. The molecule has 3 N–H and O–H groups in total. The van der Waals surface area contributed by atoms with Gasteiger partial charge in [-0.1, -0.05) is 0 Å². The van der Waals surface area contributed by atoms with E-state index in [2.05, 4.69) is 19.9 Å². The summed E-state index contributed by atoms with van der Waals surface area (Å²) in [6, 6.07) is 0. The molecule has 0 saturated heterocycles. The molecule has 7 nitrogen and oxygen atoms in total. The van der Waals surface area contributed by atoms with Crippen LogP contribution in [0.4, 0.5) is 0 Å². The summed E-state index contributed by atoms with van der Waals surface area (Å²) >= 11 is 1.36. The first-order valence-corrected chi connectivity index (χ1v) is 7.43. The first-order chi connectivity index (χ1) is 8.54. The minimum absolute atomic E-state index is 0.00144. The van der Waals surface area contributed by atoms with E-state index >= 15 is 0 Å². The van der Waals surface area contributed by atoms with Crippen molar-refractivity contribution in [3.8, 4) is 0 Å². The smallest absolute Gasteiger partial charge is 0.244 e. The average Bonchev–Trinajstić information content (AvgIpc) is 2.95. The second-order valence-electron chi connectivity index (χ2n) is 3.53. The lowest BCUT2D eigenvalue weighted by Crippen LogP contribution is -2.24. The van der Waals surface area contributed by atoms with E-state index in [-0.39, 0.29) is 17.1 Å². The summed E-state index contributed by atoms with van der Waals surface area (Å²) in [5, 5.41) is 17.8. The lowest BCUT2D eigenvalue weighted by Gasteiger charge is -2.05. The number of hydrogen-bond donors (Lipinski definition) is 3.